The summed E-state index contributed by atoms with van der Waals surface area (Å²) in [5.41, 5.74) is 0. The summed E-state index contributed by atoms with van der Waals surface area (Å²) in [6.45, 7) is 12.9. The van der Waals surface area contributed by atoms with Crippen molar-refractivity contribution in [2.45, 2.75) is 145 Å². The van der Waals surface area contributed by atoms with Crippen molar-refractivity contribution in [3.05, 3.63) is 0 Å². The molecule has 0 radical (unpaired) electrons. The molecular formula is C22H52N2. The molecule has 24 heavy (non-hydrogen) atoms. The minimum Gasteiger partial charge on any atom is -0.312 e. The van der Waals surface area contributed by atoms with Crippen LogP contribution in [0, 0.1) is 0 Å². The normalized spacial score (nSPS) is 18.5. The highest BCUT2D eigenvalue weighted by atomic mass is 14.9. The predicted molar refractivity (Wildman–Crippen MR) is 115 cm³/mol. The van der Waals surface area contributed by atoms with Crippen LogP contribution in [-0.4, -0.2) is 24.2 Å². The maximum Gasteiger partial charge on any atom is 0.00694 e. The molecule has 0 heterocycles. The van der Waals surface area contributed by atoms with E-state index in [1.807, 2.05) is 13.8 Å². The molecule has 2 nitrogen and oxygen atoms in total. The summed E-state index contributed by atoms with van der Waals surface area (Å²) < 4.78 is 0. The van der Waals surface area contributed by atoms with E-state index in [0.717, 1.165) is 12.1 Å². The third kappa shape index (κ3) is 16.8. The lowest BCUT2D eigenvalue weighted by Crippen LogP contribution is -2.35. The van der Waals surface area contributed by atoms with Crippen molar-refractivity contribution in [1.82, 2.24) is 10.6 Å². The maximum atomic E-state index is 3.58. The smallest absolute Gasteiger partial charge is 0.00694 e. The summed E-state index contributed by atoms with van der Waals surface area (Å²) in [6.07, 6.45) is 14.3. The van der Waals surface area contributed by atoms with Crippen molar-refractivity contribution in [1.29, 1.82) is 0 Å². The zero-order valence-corrected chi connectivity index (χ0v) is 16.4. The molecular weight excluding hydrogens is 292 g/mol. The monoisotopic (exact) mass is 344 g/mol. The first-order valence-corrected chi connectivity index (χ1v) is 10.1. The van der Waals surface area contributed by atoms with Crippen LogP contribution in [0.5, 0.6) is 0 Å². The third-order valence-electron chi connectivity index (χ3n) is 4.35. The number of nitrogens with one attached hydrogen (secondary N) is 2. The van der Waals surface area contributed by atoms with Crippen LogP contribution in [0.2, 0.25) is 0 Å². The first kappa shape index (κ1) is 28.7. The second-order valence-corrected chi connectivity index (χ2v) is 7.31. The molecule has 2 N–H and O–H groups in total. The minimum atomic E-state index is 0. The number of rotatable bonds is 4. The van der Waals surface area contributed by atoms with Crippen molar-refractivity contribution in [2.24, 2.45) is 0 Å². The van der Waals surface area contributed by atoms with Gasteiger partial charge in [0.15, 0.2) is 0 Å². The third-order valence-corrected chi connectivity index (χ3v) is 4.35. The Morgan fingerprint density at radius 3 is 1.00 bits per heavy atom. The van der Waals surface area contributed by atoms with Crippen LogP contribution in [0.25, 0.3) is 0 Å². The Kier molecular flexibility index (Phi) is 23.0. The summed E-state index contributed by atoms with van der Waals surface area (Å²) >= 11 is 0. The molecule has 2 saturated carbocycles. The van der Waals surface area contributed by atoms with Gasteiger partial charge in [-0.15, -0.1) is 0 Å². The Labute approximate surface area is 156 Å². The van der Waals surface area contributed by atoms with E-state index in [4.69, 9.17) is 0 Å². The van der Waals surface area contributed by atoms with Gasteiger partial charge in [0.05, 0.1) is 0 Å². The fraction of sp³-hybridized carbons (Fsp3) is 1.00. The minimum absolute atomic E-state index is 0. The van der Waals surface area contributed by atoms with Gasteiger partial charge in [-0.25, -0.2) is 0 Å². The average molecular weight is 345 g/mol. The van der Waals surface area contributed by atoms with Crippen LogP contribution in [0.15, 0.2) is 0 Å². The maximum absolute atomic E-state index is 3.58. The van der Waals surface area contributed by atoms with Crippen LogP contribution in [-0.2, 0) is 0 Å². The van der Waals surface area contributed by atoms with Gasteiger partial charge in [0.25, 0.3) is 0 Å². The second-order valence-electron chi connectivity index (χ2n) is 7.31. The highest BCUT2D eigenvalue weighted by Gasteiger charge is 2.13. The molecule has 0 aromatic heterocycles. The molecule has 2 heteroatoms. The van der Waals surface area contributed by atoms with E-state index in [0.29, 0.717) is 12.1 Å². The van der Waals surface area contributed by atoms with Gasteiger partial charge >= 0.3 is 0 Å². The first-order valence-electron chi connectivity index (χ1n) is 10.1. The molecule has 0 aromatic rings. The molecule has 0 unspecified atom stereocenters. The quantitative estimate of drug-likeness (QED) is 0.577. The lowest BCUT2D eigenvalue weighted by atomic mass is 9.95. The van der Waals surface area contributed by atoms with Crippen LogP contribution in [0.1, 0.15) is 121 Å². The van der Waals surface area contributed by atoms with E-state index < -0.39 is 0 Å². The lowest BCUT2D eigenvalue weighted by molar-refractivity contribution is 0.352. The highest BCUT2D eigenvalue weighted by Crippen LogP contribution is 2.18. The zero-order valence-electron chi connectivity index (χ0n) is 16.4. The van der Waals surface area contributed by atoms with Gasteiger partial charge in [-0.1, -0.05) is 94.9 Å². The molecule has 150 valence electrons. The Morgan fingerprint density at radius 1 is 0.542 bits per heavy atom. The largest absolute Gasteiger partial charge is 0.312 e. The molecule has 2 fully saturated rings. The molecule has 0 bridgehead atoms. The van der Waals surface area contributed by atoms with Gasteiger partial charge in [-0.3, -0.25) is 0 Å². The summed E-state index contributed by atoms with van der Waals surface area (Å²) in [5.74, 6) is 0. The fourth-order valence-electron chi connectivity index (χ4n) is 3.48. The summed E-state index contributed by atoms with van der Waals surface area (Å²) in [6, 6.07) is 2.99. The molecule has 0 spiro atoms. The Hall–Kier alpha value is -0.0800. The second kappa shape index (κ2) is 19.2. The molecule has 2 aliphatic rings. The van der Waals surface area contributed by atoms with Gasteiger partial charge in [0, 0.05) is 24.2 Å². The highest BCUT2D eigenvalue weighted by molar-refractivity contribution is 4.73. The molecule has 0 aromatic carbocycles. The van der Waals surface area contributed by atoms with Crippen LogP contribution >= 0.6 is 0 Å². The van der Waals surface area contributed by atoms with E-state index in [2.05, 4.69) is 38.3 Å². The predicted octanol–water partition coefficient (Wildman–Crippen LogP) is 6.93. The van der Waals surface area contributed by atoms with Gasteiger partial charge in [0.2, 0.25) is 0 Å². The molecule has 0 saturated heterocycles. The van der Waals surface area contributed by atoms with Crippen LogP contribution < -0.4 is 10.6 Å². The Bertz CT molecular complexity index is 190. The molecule has 0 aliphatic heterocycles. The standard InChI is InChI=1S/2C9H19N.C2H6.2CH4/c2*1-8(2)10-9-6-4-3-5-7-9;1-2;;/h2*8-10H,3-7H2,1-2H3;1-2H3;2*1H4. The van der Waals surface area contributed by atoms with E-state index in [1.54, 1.807) is 0 Å². The SMILES string of the molecule is C.C.CC.CC(C)NC1CCCCC1.CC(C)NC1CCCCC1. The van der Waals surface area contributed by atoms with Crippen molar-refractivity contribution in [3.8, 4) is 0 Å². The van der Waals surface area contributed by atoms with E-state index in [1.165, 1.54) is 64.2 Å². The fourth-order valence-corrected chi connectivity index (χ4v) is 3.48. The van der Waals surface area contributed by atoms with E-state index in [-0.39, 0.29) is 14.9 Å². The molecule has 2 rings (SSSR count). The van der Waals surface area contributed by atoms with Gasteiger partial charge in [-0.05, 0) is 25.7 Å². The van der Waals surface area contributed by atoms with Gasteiger partial charge in [0.1, 0.15) is 0 Å². The van der Waals surface area contributed by atoms with Crippen molar-refractivity contribution < 1.29 is 0 Å². The summed E-state index contributed by atoms with van der Waals surface area (Å²) in [5, 5.41) is 7.16. The topological polar surface area (TPSA) is 24.1 Å². The number of hydrogen-bond donors (Lipinski definition) is 2. The number of hydrogen-bond acceptors (Lipinski definition) is 2. The first-order chi connectivity index (χ1) is 10.6. The lowest BCUT2D eigenvalue weighted by Gasteiger charge is -2.24. The molecule has 0 amide bonds. The van der Waals surface area contributed by atoms with Gasteiger partial charge < -0.3 is 10.6 Å². The summed E-state index contributed by atoms with van der Waals surface area (Å²) in [4.78, 5) is 0. The average Bonchev–Trinajstić information content (AvgIpc) is 2.51. The Balaban J connectivity index is -0.000000310. The van der Waals surface area contributed by atoms with E-state index >= 15 is 0 Å². The van der Waals surface area contributed by atoms with Crippen LogP contribution in [0.4, 0.5) is 0 Å². The van der Waals surface area contributed by atoms with Crippen LogP contribution in [0.3, 0.4) is 0 Å². The zero-order chi connectivity index (χ0) is 16.8. The van der Waals surface area contributed by atoms with Crippen molar-refractivity contribution >= 4 is 0 Å². The van der Waals surface area contributed by atoms with Crippen molar-refractivity contribution in [2.75, 3.05) is 0 Å². The van der Waals surface area contributed by atoms with E-state index in [9.17, 15) is 0 Å². The summed E-state index contributed by atoms with van der Waals surface area (Å²) in [7, 11) is 0. The molecule has 0 atom stereocenters. The van der Waals surface area contributed by atoms with Gasteiger partial charge in [-0.2, -0.15) is 0 Å². The van der Waals surface area contributed by atoms with Crippen molar-refractivity contribution in [3.63, 3.8) is 0 Å². The molecule has 2 aliphatic carbocycles. The Morgan fingerprint density at radius 2 is 0.792 bits per heavy atom.